The Morgan fingerprint density at radius 2 is 1.78 bits per heavy atom. The summed E-state index contributed by atoms with van der Waals surface area (Å²) in [7, 11) is 3.40. The molecule has 3 rings (SSSR count). The molecular formula is C18H18N4O4S. The van der Waals surface area contributed by atoms with Crippen LogP contribution in [0.15, 0.2) is 47.3 Å². The zero-order chi connectivity index (χ0) is 19.6. The first-order valence-corrected chi connectivity index (χ1v) is 9.28. The number of fused-ring (bicyclic) bond motifs is 1. The maximum absolute atomic E-state index is 12.1. The van der Waals surface area contributed by atoms with Gasteiger partial charge in [-0.3, -0.25) is 24.0 Å². The van der Waals surface area contributed by atoms with Crippen LogP contribution in [0.25, 0.3) is 11.0 Å². The topological polar surface area (TPSA) is 99.2 Å². The number of nitrogens with zero attached hydrogens (tertiary/aromatic N) is 3. The maximum Gasteiger partial charge on any atom is 0.328 e. The van der Waals surface area contributed by atoms with E-state index in [9.17, 15) is 19.7 Å². The Labute approximate surface area is 158 Å². The van der Waals surface area contributed by atoms with Crippen molar-refractivity contribution in [1.29, 1.82) is 0 Å². The fourth-order valence-corrected chi connectivity index (χ4v) is 3.54. The standard InChI is InChI=1S/C18H18N4O4S/c1-20-15-8-5-13(9-16(15)21(2)18(20)24)19-17(23)11-27-10-12-3-6-14(7-4-12)22(25)26/h3-9H,10-11H2,1-2H3,(H,19,23). The molecule has 2 aromatic carbocycles. The normalized spacial score (nSPS) is 10.9. The number of aromatic nitrogens is 2. The lowest BCUT2D eigenvalue weighted by molar-refractivity contribution is -0.384. The highest BCUT2D eigenvalue weighted by atomic mass is 32.2. The number of amides is 1. The highest BCUT2D eigenvalue weighted by Crippen LogP contribution is 2.19. The van der Waals surface area contributed by atoms with Gasteiger partial charge in [-0.05, 0) is 23.8 Å². The number of thioether (sulfide) groups is 1. The fourth-order valence-electron chi connectivity index (χ4n) is 2.76. The van der Waals surface area contributed by atoms with Gasteiger partial charge in [0.1, 0.15) is 0 Å². The van der Waals surface area contributed by atoms with Gasteiger partial charge >= 0.3 is 5.69 Å². The first kappa shape index (κ1) is 18.7. The Kier molecular flexibility index (Phi) is 5.31. The van der Waals surface area contributed by atoms with E-state index in [0.717, 1.165) is 16.6 Å². The molecule has 0 fully saturated rings. The largest absolute Gasteiger partial charge is 0.328 e. The van der Waals surface area contributed by atoms with Crippen molar-refractivity contribution in [3.05, 3.63) is 68.6 Å². The van der Waals surface area contributed by atoms with E-state index in [1.807, 2.05) is 0 Å². The van der Waals surface area contributed by atoms with Crippen LogP contribution in [-0.2, 0) is 24.6 Å². The quantitative estimate of drug-likeness (QED) is 0.519. The number of rotatable bonds is 6. The van der Waals surface area contributed by atoms with Gasteiger partial charge in [0.15, 0.2) is 0 Å². The van der Waals surface area contributed by atoms with Crippen LogP contribution in [0.2, 0.25) is 0 Å². The number of anilines is 1. The van der Waals surface area contributed by atoms with Crippen LogP contribution in [0, 0.1) is 10.1 Å². The fraction of sp³-hybridized carbons (Fsp3) is 0.222. The molecule has 0 bridgehead atoms. The first-order chi connectivity index (χ1) is 12.9. The molecule has 0 atom stereocenters. The molecule has 0 saturated heterocycles. The number of non-ortho nitro benzene ring substituents is 1. The molecule has 1 N–H and O–H groups in total. The minimum atomic E-state index is -0.441. The summed E-state index contributed by atoms with van der Waals surface area (Å²) in [5, 5.41) is 13.5. The Hall–Kier alpha value is -3.07. The van der Waals surface area contributed by atoms with Crippen LogP contribution < -0.4 is 11.0 Å². The number of nitrogens with one attached hydrogen (secondary N) is 1. The molecule has 1 amide bonds. The van der Waals surface area contributed by atoms with Gasteiger partial charge in [0, 0.05) is 37.7 Å². The van der Waals surface area contributed by atoms with Crippen molar-refractivity contribution >= 4 is 40.1 Å². The van der Waals surface area contributed by atoms with Gasteiger partial charge in [-0.2, -0.15) is 0 Å². The van der Waals surface area contributed by atoms with Crippen molar-refractivity contribution in [2.24, 2.45) is 14.1 Å². The van der Waals surface area contributed by atoms with Crippen LogP contribution in [0.4, 0.5) is 11.4 Å². The highest BCUT2D eigenvalue weighted by Gasteiger charge is 2.10. The van der Waals surface area contributed by atoms with Crippen LogP contribution in [0.1, 0.15) is 5.56 Å². The molecule has 0 aliphatic carbocycles. The van der Waals surface area contributed by atoms with E-state index in [-0.39, 0.29) is 23.0 Å². The summed E-state index contributed by atoms with van der Waals surface area (Å²) in [4.78, 5) is 34.3. The molecule has 0 saturated carbocycles. The Balaban J connectivity index is 1.58. The van der Waals surface area contributed by atoms with Crippen molar-refractivity contribution in [1.82, 2.24) is 9.13 Å². The van der Waals surface area contributed by atoms with E-state index < -0.39 is 4.92 Å². The summed E-state index contributed by atoms with van der Waals surface area (Å²) >= 11 is 1.42. The number of imidazole rings is 1. The van der Waals surface area contributed by atoms with Crippen molar-refractivity contribution in [2.75, 3.05) is 11.1 Å². The number of aryl methyl sites for hydroxylation is 2. The average molecular weight is 386 g/mol. The van der Waals surface area contributed by atoms with Gasteiger partial charge in [0.2, 0.25) is 5.91 Å². The van der Waals surface area contributed by atoms with Crippen LogP contribution in [0.5, 0.6) is 0 Å². The molecule has 1 heterocycles. The van der Waals surface area contributed by atoms with Crippen molar-refractivity contribution in [3.8, 4) is 0 Å². The molecule has 0 aliphatic heterocycles. The van der Waals surface area contributed by atoms with Crippen molar-refractivity contribution < 1.29 is 9.72 Å². The third-order valence-corrected chi connectivity index (χ3v) is 5.21. The molecule has 27 heavy (non-hydrogen) atoms. The summed E-state index contributed by atoms with van der Waals surface area (Å²) in [6, 6.07) is 11.6. The smallest absolute Gasteiger partial charge is 0.325 e. The van der Waals surface area contributed by atoms with Crippen LogP contribution >= 0.6 is 11.8 Å². The SMILES string of the molecule is Cn1c(=O)n(C)c2cc(NC(=O)CSCc3ccc([N+](=O)[O-])cc3)ccc21. The molecule has 1 aromatic heterocycles. The zero-order valence-electron chi connectivity index (χ0n) is 14.8. The minimum absolute atomic E-state index is 0.0483. The molecule has 3 aromatic rings. The molecule has 0 radical (unpaired) electrons. The third-order valence-electron chi connectivity index (χ3n) is 4.20. The average Bonchev–Trinajstić information content (AvgIpc) is 2.86. The van der Waals surface area contributed by atoms with Crippen LogP contribution in [0.3, 0.4) is 0 Å². The Bertz CT molecular complexity index is 1070. The number of nitro groups is 1. The predicted molar refractivity (Wildman–Crippen MR) is 106 cm³/mol. The van der Waals surface area contributed by atoms with E-state index in [4.69, 9.17) is 0 Å². The highest BCUT2D eigenvalue weighted by molar-refractivity contribution is 7.99. The molecular weight excluding hydrogens is 368 g/mol. The van der Waals surface area contributed by atoms with E-state index in [1.165, 1.54) is 28.5 Å². The third kappa shape index (κ3) is 4.03. The molecule has 8 nitrogen and oxygen atoms in total. The summed E-state index contributed by atoms with van der Waals surface area (Å²) in [5.41, 5.74) is 3.02. The van der Waals surface area contributed by atoms with Gasteiger partial charge in [0.25, 0.3) is 5.69 Å². The van der Waals surface area contributed by atoms with E-state index >= 15 is 0 Å². The minimum Gasteiger partial charge on any atom is -0.325 e. The number of carbonyl (C=O) groups excluding carboxylic acids is 1. The number of benzene rings is 2. The van der Waals surface area contributed by atoms with Gasteiger partial charge < -0.3 is 5.32 Å². The van der Waals surface area contributed by atoms with Gasteiger partial charge in [-0.15, -0.1) is 11.8 Å². The number of hydrogen-bond donors (Lipinski definition) is 1. The second-order valence-corrected chi connectivity index (χ2v) is 7.05. The molecule has 0 aliphatic rings. The Morgan fingerprint density at radius 1 is 1.11 bits per heavy atom. The summed E-state index contributed by atoms with van der Waals surface area (Å²) in [6.07, 6.45) is 0. The monoisotopic (exact) mass is 386 g/mol. The van der Waals surface area contributed by atoms with Gasteiger partial charge in [-0.1, -0.05) is 12.1 Å². The molecule has 140 valence electrons. The van der Waals surface area contributed by atoms with Gasteiger partial charge in [0.05, 0.1) is 21.7 Å². The predicted octanol–water partition coefficient (Wildman–Crippen LogP) is 2.66. The van der Waals surface area contributed by atoms with Crippen molar-refractivity contribution in [3.63, 3.8) is 0 Å². The lowest BCUT2D eigenvalue weighted by atomic mass is 10.2. The second kappa shape index (κ2) is 7.67. The van der Waals surface area contributed by atoms with E-state index in [2.05, 4.69) is 5.32 Å². The van der Waals surface area contributed by atoms with E-state index in [1.54, 1.807) is 49.0 Å². The zero-order valence-corrected chi connectivity index (χ0v) is 15.7. The van der Waals surface area contributed by atoms with Gasteiger partial charge in [-0.25, -0.2) is 4.79 Å². The first-order valence-electron chi connectivity index (χ1n) is 8.13. The summed E-state index contributed by atoms with van der Waals surface area (Å²) in [6.45, 7) is 0. The number of carbonyl (C=O) groups is 1. The van der Waals surface area contributed by atoms with Crippen molar-refractivity contribution in [2.45, 2.75) is 5.75 Å². The number of nitro benzene ring substituents is 1. The second-order valence-electron chi connectivity index (χ2n) is 6.07. The summed E-state index contributed by atoms with van der Waals surface area (Å²) < 4.78 is 3.09. The number of hydrogen-bond acceptors (Lipinski definition) is 5. The maximum atomic E-state index is 12.1. The summed E-state index contributed by atoms with van der Waals surface area (Å²) in [5.74, 6) is 0.683. The van der Waals surface area contributed by atoms with Crippen LogP contribution in [-0.4, -0.2) is 25.7 Å². The lowest BCUT2D eigenvalue weighted by Gasteiger charge is -2.06. The van der Waals surface area contributed by atoms with E-state index in [0.29, 0.717) is 11.4 Å². The molecule has 9 heteroatoms. The molecule has 0 unspecified atom stereocenters. The molecule has 0 spiro atoms. The Morgan fingerprint density at radius 3 is 2.44 bits per heavy atom. The lowest BCUT2D eigenvalue weighted by Crippen LogP contribution is -2.19.